The summed E-state index contributed by atoms with van der Waals surface area (Å²) in [6.07, 6.45) is 6.57. The van der Waals surface area contributed by atoms with E-state index in [1.54, 1.807) is 0 Å². The molecule has 2 amide bonds. The first-order chi connectivity index (χ1) is 9.06. The summed E-state index contributed by atoms with van der Waals surface area (Å²) < 4.78 is 0.177. The summed E-state index contributed by atoms with van der Waals surface area (Å²) in [5, 5.41) is 3.34. The van der Waals surface area contributed by atoms with Crippen molar-refractivity contribution in [2.75, 3.05) is 12.8 Å². The molecule has 5 heteroatoms. The first-order valence-electron chi connectivity index (χ1n) is 7.21. The third kappa shape index (κ3) is 2.97. The summed E-state index contributed by atoms with van der Waals surface area (Å²) in [5.74, 6) is 0.00228. The minimum absolute atomic E-state index is 0.00490. The van der Waals surface area contributed by atoms with Crippen molar-refractivity contribution in [3.8, 4) is 0 Å². The van der Waals surface area contributed by atoms with Gasteiger partial charge in [-0.2, -0.15) is 11.8 Å². The van der Waals surface area contributed by atoms with E-state index >= 15 is 0 Å². The number of hydrogen-bond donors (Lipinski definition) is 1. The smallest absolute Gasteiger partial charge is 0.247 e. The van der Waals surface area contributed by atoms with Crippen LogP contribution < -0.4 is 5.32 Å². The quantitative estimate of drug-likeness (QED) is 0.724. The van der Waals surface area contributed by atoms with Crippen molar-refractivity contribution in [1.82, 2.24) is 10.2 Å². The number of hydrogen-bond acceptors (Lipinski definition) is 4. The summed E-state index contributed by atoms with van der Waals surface area (Å²) >= 11 is 1.85. The Morgan fingerprint density at radius 1 is 1.32 bits per heavy atom. The summed E-state index contributed by atoms with van der Waals surface area (Å²) in [7, 11) is 0. The van der Waals surface area contributed by atoms with E-state index in [-0.39, 0.29) is 28.6 Å². The lowest BCUT2D eigenvalue weighted by Crippen LogP contribution is -2.45. The fourth-order valence-electron chi connectivity index (χ4n) is 2.70. The van der Waals surface area contributed by atoms with Gasteiger partial charge in [0.1, 0.15) is 0 Å². The second-order valence-electron chi connectivity index (χ2n) is 5.57. The molecule has 0 bridgehead atoms. The highest BCUT2D eigenvalue weighted by Gasteiger charge is 2.46. The Bertz CT molecular complexity index is 356. The minimum Gasteiger partial charge on any atom is -0.304 e. The fraction of sp³-hybridized carbons (Fsp3) is 0.857. The van der Waals surface area contributed by atoms with Crippen LogP contribution in [0.5, 0.6) is 0 Å². The number of nitrogens with one attached hydrogen (secondary N) is 1. The van der Waals surface area contributed by atoms with E-state index in [0.29, 0.717) is 6.42 Å². The molecule has 1 heterocycles. The Morgan fingerprint density at radius 3 is 2.42 bits per heavy atom. The number of carbonyl (C=O) groups excluding carboxylic acids is 2. The molecule has 1 N–H and O–H groups in total. The van der Waals surface area contributed by atoms with Crippen LogP contribution in [-0.4, -0.2) is 46.3 Å². The molecule has 0 aromatic heterocycles. The number of rotatable bonds is 7. The molecular weight excluding hydrogens is 260 g/mol. The molecular formula is C14H24N2O2S. The summed E-state index contributed by atoms with van der Waals surface area (Å²) in [6, 6.07) is -0.0906. The van der Waals surface area contributed by atoms with Gasteiger partial charge in [-0.05, 0) is 31.9 Å². The van der Waals surface area contributed by atoms with Crippen LogP contribution in [0.15, 0.2) is 0 Å². The molecule has 0 spiro atoms. The highest BCUT2D eigenvalue weighted by Crippen LogP contribution is 2.33. The van der Waals surface area contributed by atoms with Crippen LogP contribution in [0, 0.1) is 0 Å². The second-order valence-corrected chi connectivity index (χ2v) is 6.84. The largest absolute Gasteiger partial charge is 0.304 e. The highest BCUT2D eigenvalue weighted by molar-refractivity contribution is 8.00. The SMILES string of the molecule is CCC(CC)(CNC1CC(=O)N(C2CC2)C1=O)SC. The molecule has 0 aromatic carbocycles. The lowest BCUT2D eigenvalue weighted by Gasteiger charge is -2.31. The predicted molar refractivity (Wildman–Crippen MR) is 78.1 cm³/mol. The molecule has 0 aromatic rings. The summed E-state index contributed by atoms with van der Waals surface area (Å²) in [5.41, 5.74) is 0. The van der Waals surface area contributed by atoms with Crippen LogP contribution in [0.25, 0.3) is 0 Å². The van der Waals surface area contributed by atoms with Crippen molar-refractivity contribution < 1.29 is 9.59 Å². The molecule has 1 saturated heterocycles. The zero-order valence-electron chi connectivity index (χ0n) is 12.1. The maximum absolute atomic E-state index is 12.2. The standard InChI is InChI=1S/C14H24N2O2S/c1-4-14(5-2,19-3)9-15-11-8-12(17)16(13(11)18)10-6-7-10/h10-11,15H,4-9H2,1-3H3. The van der Waals surface area contributed by atoms with Crippen molar-refractivity contribution in [3.63, 3.8) is 0 Å². The van der Waals surface area contributed by atoms with Crippen molar-refractivity contribution in [2.24, 2.45) is 0 Å². The van der Waals surface area contributed by atoms with Gasteiger partial charge >= 0.3 is 0 Å². The molecule has 108 valence electrons. The van der Waals surface area contributed by atoms with Crippen molar-refractivity contribution >= 4 is 23.6 Å². The van der Waals surface area contributed by atoms with E-state index in [9.17, 15) is 9.59 Å². The highest BCUT2D eigenvalue weighted by atomic mass is 32.2. The van der Waals surface area contributed by atoms with Gasteiger partial charge in [0, 0.05) is 17.3 Å². The first-order valence-corrected chi connectivity index (χ1v) is 8.43. The van der Waals surface area contributed by atoms with E-state index in [2.05, 4.69) is 25.4 Å². The van der Waals surface area contributed by atoms with Gasteiger partial charge in [0.2, 0.25) is 11.8 Å². The molecule has 2 aliphatic rings. The van der Waals surface area contributed by atoms with Crippen LogP contribution in [0.4, 0.5) is 0 Å². The first kappa shape index (κ1) is 14.9. The van der Waals surface area contributed by atoms with Crippen molar-refractivity contribution in [3.05, 3.63) is 0 Å². The Kier molecular flexibility index (Phi) is 4.56. The molecule has 1 aliphatic carbocycles. The van der Waals surface area contributed by atoms with E-state index in [1.165, 1.54) is 4.90 Å². The molecule has 19 heavy (non-hydrogen) atoms. The van der Waals surface area contributed by atoms with Gasteiger partial charge in [-0.1, -0.05) is 13.8 Å². The predicted octanol–water partition coefficient (Wildman–Crippen LogP) is 1.79. The van der Waals surface area contributed by atoms with Crippen LogP contribution in [-0.2, 0) is 9.59 Å². The molecule has 1 aliphatic heterocycles. The minimum atomic E-state index is -0.294. The number of carbonyl (C=O) groups is 2. The van der Waals surface area contributed by atoms with Gasteiger partial charge in [0.25, 0.3) is 0 Å². The lowest BCUT2D eigenvalue weighted by molar-refractivity contribution is -0.139. The summed E-state index contributed by atoms with van der Waals surface area (Å²) in [4.78, 5) is 25.6. The number of imide groups is 1. The normalized spacial score (nSPS) is 24.4. The molecule has 1 unspecified atom stereocenters. The molecule has 4 nitrogen and oxygen atoms in total. The van der Waals surface area contributed by atoms with Crippen LogP contribution in [0.1, 0.15) is 46.0 Å². The molecule has 2 rings (SSSR count). The Hall–Kier alpha value is -0.550. The summed E-state index contributed by atoms with van der Waals surface area (Å²) in [6.45, 7) is 5.16. The average molecular weight is 284 g/mol. The van der Waals surface area contributed by atoms with Gasteiger partial charge < -0.3 is 5.32 Å². The monoisotopic (exact) mass is 284 g/mol. The van der Waals surface area contributed by atoms with Gasteiger partial charge in [-0.15, -0.1) is 0 Å². The average Bonchev–Trinajstić information content (AvgIpc) is 3.20. The van der Waals surface area contributed by atoms with Gasteiger partial charge in [-0.25, -0.2) is 0 Å². The van der Waals surface area contributed by atoms with Gasteiger partial charge in [0.15, 0.2) is 0 Å². The van der Waals surface area contributed by atoms with Gasteiger partial charge in [-0.3, -0.25) is 14.5 Å². The van der Waals surface area contributed by atoms with Crippen LogP contribution in [0.3, 0.4) is 0 Å². The number of amides is 2. The fourth-order valence-corrected chi connectivity index (χ4v) is 3.50. The molecule has 0 radical (unpaired) electrons. The lowest BCUT2D eigenvalue weighted by atomic mass is 10.0. The third-order valence-corrected chi connectivity index (χ3v) is 6.08. The number of nitrogens with zero attached hydrogens (tertiary/aromatic N) is 1. The maximum atomic E-state index is 12.2. The van der Waals surface area contributed by atoms with E-state index in [1.807, 2.05) is 11.8 Å². The molecule has 2 fully saturated rings. The Balaban J connectivity index is 1.93. The van der Waals surface area contributed by atoms with Crippen LogP contribution >= 0.6 is 11.8 Å². The molecule has 1 atom stereocenters. The topological polar surface area (TPSA) is 49.4 Å². The Morgan fingerprint density at radius 2 is 1.95 bits per heavy atom. The zero-order chi connectivity index (χ0) is 14.0. The van der Waals surface area contributed by atoms with E-state index in [4.69, 9.17) is 0 Å². The van der Waals surface area contributed by atoms with E-state index < -0.39 is 0 Å². The third-order valence-electron chi connectivity index (χ3n) is 4.49. The van der Waals surface area contributed by atoms with Crippen molar-refractivity contribution in [2.45, 2.75) is 62.8 Å². The van der Waals surface area contributed by atoms with Gasteiger partial charge in [0.05, 0.1) is 12.5 Å². The van der Waals surface area contributed by atoms with Crippen LogP contribution in [0.2, 0.25) is 0 Å². The maximum Gasteiger partial charge on any atom is 0.247 e. The Labute approximate surface area is 119 Å². The number of likely N-dealkylation sites (tertiary alicyclic amines) is 1. The zero-order valence-corrected chi connectivity index (χ0v) is 12.9. The van der Waals surface area contributed by atoms with Crippen molar-refractivity contribution in [1.29, 1.82) is 0 Å². The second kappa shape index (κ2) is 5.83. The van der Waals surface area contributed by atoms with E-state index in [0.717, 1.165) is 32.2 Å². The molecule has 1 saturated carbocycles. The number of thioether (sulfide) groups is 1.